The highest BCUT2D eigenvalue weighted by atomic mass is 16.5. The van der Waals surface area contributed by atoms with Gasteiger partial charge in [-0.25, -0.2) is 0 Å². The minimum Gasteiger partial charge on any atom is -0.462 e. The van der Waals surface area contributed by atoms with Crippen LogP contribution in [0.25, 0.3) is 0 Å². The molecule has 1 spiro atoms. The van der Waals surface area contributed by atoms with Gasteiger partial charge in [-0.05, 0) is 86.9 Å². The lowest BCUT2D eigenvalue weighted by Crippen LogP contribution is -2.55. The molecule has 5 rings (SSSR count). The molecule has 0 N–H and O–H groups in total. The minimum atomic E-state index is -0.0980. The Morgan fingerprint density at radius 2 is 1.68 bits per heavy atom. The predicted octanol–water partition coefficient (Wildman–Crippen LogP) is 5.12. The van der Waals surface area contributed by atoms with Gasteiger partial charge in [0.05, 0.1) is 0 Å². The first-order chi connectivity index (χ1) is 11.9. The summed E-state index contributed by atoms with van der Waals surface area (Å²) >= 11 is 0. The van der Waals surface area contributed by atoms with Crippen LogP contribution in [-0.2, 0) is 9.53 Å². The van der Waals surface area contributed by atoms with E-state index in [-0.39, 0.29) is 23.2 Å². The van der Waals surface area contributed by atoms with Crippen molar-refractivity contribution in [3.8, 4) is 0 Å². The SMILES string of the molecule is CC(=O)O[C@H]1CC[C@H]2[C@@H]3CC[C@H]4CC5(CC[C@]4(C)[C@H]3CC[C@]12C)N=N5. The molecule has 0 aromatic carbocycles. The predicted molar refractivity (Wildman–Crippen MR) is 94.9 cm³/mol. The number of carbonyl (C=O) groups excluding carboxylic acids is 1. The van der Waals surface area contributed by atoms with Crippen LogP contribution in [0.4, 0.5) is 0 Å². The van der Waals surface area contributed by atoms with E-state index in [1.165, 1.54) is 51.4 Å². The summed E-state index contributed by atoms with van der Waals surface area (Å²) in [5.41, 5.74) is 0.754. The Labute approximate surface area is 151 Å². The maximum atomic E-state index is 11.6. The number of hydrogen-bond donors (Lipinski definition) is 0. The van der Waals surface area contributed by atoms with E-state index in [9.17, 15) is 4.79 Å². The van der Waals surface area contributed by atoms with Crippen molar-refractivity contribution >= 4 is 5.97 Å². The standard InChI is InChI=1S/C21H32N2O2/c1-13(24)25-18-7-6-16-15-5-4-14-12-21(22-23-21)11-10-19(14,2)17(15)8-9-20(16,18)3/h14-18H,4-12H2,1-3H3/t14-,15-,16-,17-,18-,19-,20-/m0/s1. The molecule has 0 saturated heterocycles. The normalized spacial score (nSPS) is 52.2. The Kier molecular flexibility index (Phi) is 3.30. The van der Waals surface area contributed by atoms with Crippen molar-refractivity contribution in [2.24, 2.45) is 44.7 Å². The molecule has 7 atom stereocenters. The number of nitrogens with zero attached hydrogens (tertiary/aromatic N) is 2. The van der Waals surface area contributed by atoms with Crippen LogP contribution in [0.2, 0.25) is 0 Å². The highest BCUT2D eigenvalue weighted by molar-refractivity contribution is 5.66. The second-order valence-corrected chi connectivity index (χ2v) is 10.3. The lowest BCUT2D eigenvalue weighted by atomic mass is 9.44. The summed E-state index contributed by atoms with van der Waals surface area (Å²) in [5.74, 6) is 3.16. The Bertz CT molecular complexity index is 625. The van der Waals surface area contributed by atoms with Gasteiger partial charge in [0.1, 0.15) is 6.10 Å². The summed E-state index contributed by atoms with van der Waals surface area (Å²) in [6.45, 7) is 6.58. The van der Waals surface area contributed by atoms with Gasteiger partial charge in [-0.1, -0.05) is 13.8 Å². The van der Waals surface area contributed by atoms with Crippen molar-refractivity contribution in [3.63, 3.8) is 0 Å². The summed E-state index contributed by atoms with van der Waals surface area (Å²) < 4.78 is 5.77. The Morgan fingerprint density at radius 3 is 2.40 bits per heavy atom. The van der Waals surface area contributed by atoms with Crippen LogP contribution >= 0.6 is 0 Å². The third-order valence-electron chi connectivity index (χ3n) is 9.31. The van der Waals surface area contributed by atoms with Crippen molar-refractivity contribution in [1.82, 2.24) is 0 Å². The van der Waals surface area contributed by atoms with E-state index < -0.39 is 0 Å². The fraction of sp³-hybridized carbons (Fsp3) is 0.952. The lowest BCUT2D eigenvalue weighted by Gasteiger charge is -2.60. The number of hydrogen-bond acceptors (Lipinski definition) is 4. The molecule has 5 aliphatic rings. The van der Waals surface area contributed by atoms with Gasteiger partial charge in [-0.15, -0.1) is 0 Å². The first kappa shape index (κ1) is 16.3. The van der Waals surface area contributed by atoms with Gasteiger partial charge < -0.3 is 4.74 Å². The van der Waals surface area contributed by atoms with Crippen LogP contribution in [-0.4, -0.2) is 17.7 Å². The van der Waals surface area contributed by atoms with Crippen LogP contribution in [0.3, 0.4) is 0 Å². The van der Waals surface area contributed by atoms with Crippen molar-refractivity contribution in [2.75, 3.05) is 0 Å². The topological polar surface area (TPSA) is 51.0 Å². The zero-order valence-corrected chi connectivity index (χ0v) is 16.0. The average molecular weight is 344 g/mol. The summed E-state index contributed by atoms with van der Waals surface area (Å²) in [6.07, 6.45) is 11.5. The first-order valence-electron chi connectivity index (χ1n) is 10.5. The second-order valence-electron chi connectivity index (χ2n) is 10.3. The van der Waals surface area contributed by atoms with Gasteiger partial charge in [-0.2, -0.15) is 10.2 Å². The quantitative estimate of drug-likeness (QED) is 0.620. The van der Waals surface area contributed by atoms with Crippen LogP contribution < -0.4 is 0 Å². The number of ether oxygens (including phenoxy) is 1. The van der Waals surface area contributed by atoms with E-state index in [0.717, 1.165) is 30.1 Å². The number of esters is 1. The number of fused-ring (bicyclic) bond motifs is 5. The number of carbonyl (C=O) groups is 1. The fourth-order valence-electron chi connectivity index (χ4n) is 7.82. The fourth-order valence-corrected chi connectivity index (χ4v) is 7.82. The van der Waals surface area contributed by atoms with E-state index >= 15 is 0 Å². The molecule has 0 amide bonds. The van der Waals surface area contributed by atoms with Crippen molar-refractivity contribution in [1.29, 1.82) is 0 Å². The van der Waals surface area contributed by atoms with Gasteiger partial charge in [0.25, 0.3) is 0 Å². The average Bonchev–Trinajstić information content (AvgIpc) is 3.24. The van der Waals surface area contributed by atoms with Gasteiger partial charge in [0.15, 0.2) is 5.66 Å². The molecule has 0 unspecified atom stereocenters. The lowest BCUT2D eigenvalue weighted by molar-refractivity contribution is -0.161. The monoisotopic (exact) mass is 344 g/mol. The summed E-state index contributed by atoms with van der Waals surface area (Å²) in [7, 11) is 0. The molecule has 4 nitrogen and oxygen atoms in total. The molecule has 4 saturated carbocycles. The number of rotatable bonds is 1. The van der Waals surface area contributed by atoms with Gasteiger partial charge in [0.2, 0.25) is 0 Å². The van der Waals surface area contributed by atoms with Crippen LogP contribution in [0.1, 0.15) is 78.6 Å². The molecule has 1 heterocycles. The molecule has 1 aliphatic heterocycles. The molecule has 4 aliphatic carbocycles. The van der Waals surface area contributed by atoms with E-state index in [1.807, 2.05) is 0 Å². The zero-order valence-electron chi connectivity index (χ0n) is 16.0. The summed E-state index contributed by atoms with van der Waals surface area (Å²) in [6, 6.07) is 0. The Balaban J connectivity index is 1.39. The van der Waals surface area contributed by atoms with E-state index in [2.05, 4.69) is 24.1 Å². The van der Waals surface area contributed by atoms with Crippen LogP contribution in [0.15, 0.2) is 10.2 Å². The molecule has 0 aromatic rings. The molecule has 0 bridgehead atoms. The molecule has 0 radical (unpaired) electrons. The Hall–Kier alpha value is -0.930. The Morgan fingerprint density at radius 1 is 0.920 bits per heavy atom. The molecule has 4 heteroatoms. The van der Waals surface area contributed by atoms with Crippen molar-refractivity contribution < 1.29 is 9.53 Å². The summed E-state index contributed by atoms with van der Waals surface area (Å²) in [4.78, 5) is 11.6. The van der Waals surface area contributed by atoms with E-state index in [0.29, 0.717) is 5.41 Å². The van der Waals surface area contributed by atoms with Gasteiger partial charge >= 0.3 is 5.97 Å². The van der Waals surface area contributed by atoms with Crippen molar-refractivity contribution in [2.45, 2.75) is 90.3 Å². The third kappa shape index (κ3) is 2.21. The van der Waals surface area contributed by atoms with Gasteiger partial charge in [-0.3, -0.25) is 4.79 Å². The maximum absolute atomic E-state index is 11.6. The maximum Gasteiger partial charge on any atom is 0.302 e. The van der Waals surface area contributed by atoms with Crippen LogP contribution in [0, 0.1) is 34.5 Å². The first-order valence-corrected chi connectivity index (χ1v) is 10.5. The van der Waals surface area contributed by atoms with E-state index in [1.54, 1.807) is 6.92 Å². The molecule has 25 heavy (non-hydrogen) atoms. The highest BCUT2D eigenvalue weighted by Crippen LogP contribution is 2.68. The van der Waals surface area contributed by atoms with Crippen molar-refractivity contribution in [3.05, 3.63) is 0 Å². The minimum absolute atomic E-state index is 0.0496. The van der Waals surface area contributed by atoms with Crippen LogP contribution in [0.5, 0.6) is 0 Å². The molecular weight excluding hydrogens is 312 g/mol. The zero-order chi connectivity index (χ0) is 17.4. The van der Waals surface area contributed by atoms with Gasteiger partial charge in [0, 0.05) is 12.3 Å². The largest absolute Gasteiger partial charge is 0.462 e. The summed E-state index contributed by atoms with van der Waals surface area (Å²) in [5, 5.41) is 8.80. The van der Waals surface area contributed by atoms with E-state index in [4.69, 9.17) is 4.74 Å². The highest BCUT2D eigenvalue weighted by Gasteiger charge is 2.63. The third-order valence-corrected chi connectivity index (χ3v) is 9.31. The molecule has 0 aromatic heterocycles. The molecule has 138 valence electrons. The molecule has 4 fully saturated rings. The second kappa shape index (κ2) is 5.07. The smallest absolute Gasteiger partial charge is 0.302 e. The molecular formula is C21H32N2O2.